The molecule has 0 bridgehead atoms. The highest BCUT2D eigenvalue weighted by Gasteiger charge is 2.19. The predicted molar refractivity (Wildman–Crippen MR) is 100 cm³/mol. The van der Waals surface area contributed by atoms with Crippen LogP contribution < -0.4 is 11.5 Å². The molecule has 1 aliphatic heterocycles. The van der Waals surface area contributed by atoms with Crippen LogP contribution in [-0.4, -0.2) is 34.3 Å². The zero-order valence-corrected chi connectivity index (χ0v) is 14.8. The third-order valence-electron chi connectivity index (χ3n) is 4.53. The summed E-state index contributed by atoms with van der Waals surface area (Å²) in [6.45, 7) is 5.96. The monoisotopic (exact) mass is 345 g/mol. The minimum Gasteiger partial charge on any atom is -0.397 e. The van der Waals surface area contributed by atoms with Crippen LogP contribution in [0.1, 0.15) is 29.7 Å². The van der Waals surface area contributed by atoms with E-state index in [0.29, 0.717) is 16.5 Å². The number of hydrogen-bond acceptors (Lipinski definition) is 4. The van der Waals surface area contributed by atoms with Crippen molar-refractivity contribution in [3.63, 3.8) is 0 Å². The lowest BCUT2D eigenvalue weighted by molar-refractivity contribution is 0.316. The van der Waals surface area contributed by atoms with Gasteiger partial charge in [-0.2, -0.15) is 5.10 Å². The number of nitrogen functional groups attached to an aromatic ring is 1. The quantitative estimate of drug-likeness (QED) is 0.873. The fraction of sp³-hybridized carbons (Fsp3) is 0.389. The summed E-state index contributed by atoms with van der Waals surface area (Å²) < 4.78 is 1.84. The van der Waals surface area contributed by atoms with Crippen LogP contribution >= 0.6 is 11.6 Å². The SMILES string of the molecule is Cc1nn(CCN2CCCC2)c(N)c1/C(Cl)=C(\N)c1ccccc1. The first-order chi connectivity index (χ1) is 11.6. The second kappa shape index (κ2) is 7.28. The van der Waals surface area contributed by atoms with Gasteiger partial charge in [-0.05, 0) is 38.4 Å². The summed E-state index contributed by atoms with van der Waals surface area (Å²) in [5.41, 5.74) is 15.5. The maximum atomic E-state index is 6.55. The van der Waals surface area contributed by atoms with Gasteiger partial charge < -0.3 is 16.4 Å². The molecule has 1 aliphatic rings. The van der Waals surface area contributed by atoms with Crippen LogP contribution in [0.25, 0.3) is 10.7 Å². The number of aryl methyl sites for hydroxylation is 1. The molecule has 0 atom stereocenters. The van der Waals surface area contributed by atoms with E-state index in [2.05, 4.69) is 10.00 Å². The van der Waals surface area contributed by atoms with Gasteiger partial charge in [-0.3, -0.25) is 0 Å². The van der Waals surface area contributed by atoms with Gasteiger partial charge in [0.15, 0.2) is 0 Å². The number of anilines is 1. The predicted octanol–water partition coefficient (Wildman–Crippen LogP) is 2.89. The molecular formula is C18H24ClN5. The molecule has 1 fully saturated rings. The van der Waals surface area contributed by atoms with E-state index in [-0.39, 0.29) is 0 Å². The summed E-state index contributed by atoms with van der Waals surface area (Å²) in [5, 5.41) is 5.02. The van der Waals surface area contributed by atoms with Crippen LogP contribution in [0.15, 0.2) is 30.3 Å². The van der Waals surface area contributed by atoms with E-state index < -0.39 is 0 Å². The van der Waals surface area contributed by atoms with Crippen molar-refractivity contribution in [2.24, 2.45) is 5.73 Å². The van der Waals surface area contributed by atoms with Crippen molar-refractivity contribution >= 4 is 28.1 Å². The van der Waals surface area contributed by atoms with Gasteiger partial charge in [0.05, 0.1) is 28.5 Å². The maximum absolute atomic E-state index is 6.55. The van der Waals surface area contributed by atoms with E-state index in [0.717, 1.165) is 43.0 Å². The lowest BCUT2D eigenvalue weighted by Gasteiger charge is -2.14. The Hall–Kier alpha value is -1.98. The number of rotatable bonds is 5. The number of likely N-dealkylation sites (tertiary alicyclic amines) is 1. The number of nitrogens with zero attached hydrogens (tertiary/aromatic N) is 3. The number of halogens is 1. The molecular weight excluding hydrogens is 322 g/mol. The molecule has 1 saturated heterocycles. The topological polar surface area (TPSA) is 73.1 Å². The summed E-state index contributed by atoms with van der Waals surface area (Å²) in [5.74, 6) is 0.579. The first-order valence-electron chi connectivity index (χ1n) is 8.34. The van der Waals surface area contributed by atoms with E-state index in [1.54, 1.807) is 0 Å². The first-order valence-corrected chi connectivity index (χ1v) is 8.72. The second-order valence-electron chi connectivity index (χ2n) is 6.21. The van der Waals surface area contributed by atoms with Gasteiger partial charge in [-0.1, -0.05) is 41.9 Å². The van der Waals surface area contributed by atoms with Gasteiger partial charge in [0.1, 0.15) is 5.82 Å². The molecule has 0 saturated carbocycles. The van der Waals surface area contributed by atoms with E-state index in [4.69, 9.17) is 23.1 Å². The van der Waals surface area contributed by atoms with Crippen LogP contribution in [0.5, 0.6) is 0 Å². The fourth-order valence-corrected chi connectivity index (χ4v) is 3.51. The molecule has 0 aliphatic carbocycles. The normalized spacial score (nSPS) is 16.4. The Kier molecular flexibility index (Phi) is 5.11. The standard InChI is InChI=1S/C18H24ClN5/c1-13-15(16(19)17(20)14-7-3-2-4-8-14)18(21)24(22-13)12-11-23-9-5-6-10-23/h2-4,7-8H,5-6,9-12,20-21H2,1H3/b17-16+. The minimum atomic E-state index is 0.462. The van der Waals surface area contributed by atoms with E-state index in [9.17, 15) is 0 Å². The van der Waals surface area contributed by atoms with E-state index in [1.807, 2.05) is 41.9 Å². The third kappa shape index (κ3) is 3.42. The molecule has 4 N–H and O–H groups in total. The van der Waals surface area contributed by atoms with Crippen LogP contribution in [0.4, 0.5) is 5.82 Å². The van der Waals surface area contributed by atoms with Crippen molar-refractivity contribution in [1.82, 2.24) is 14.7 Å². The van der Waals surface area contributed by atoms with Gasteiger partial charge in [0.2, 0.25) is 0 Å². The molecule has 3 rings (SSSR count). The zero-order valence-electron chi connectivity index (χ0n) is 14.0. The molecule has 5 nitrogen and oxygen atoms in total. The number of aromatic nitrogens is 2. The zero-order chi connectivity index (χ0) is 17.1. The van der Waals surface area contributed by atoms with Crippen LogP contribution in [-0.2, 0) is 6.54 Å². The van der Waals surface area contributed by atoms with E-state index >= 15 is 0 Å². The highest BCUT2D eigenvalue weighted by molar-refractivity contribution is 6.53. The Balaban J connectivity index is 1.85. The molecule has 0 unspecified atom stereocenters. The second-order valence-corrected chi connectivity index (χ2v) is 6.59. The van der Waals surface area contributed by atoms with E-state index in [1.165, 1.54) is 12.8 Å². The summed E-state index contributed by atoms with van der Waals surface area (Å²) >= 11 is 6.55. The Bertz CT molecular complexity index is 729. The van der Waals surface area contributed by atoms with Crippen molar-refractivity contribution in [3.8, 4) is 0 Å². The van der Waals surface area contributed by atoms with Crippen LogP contribution in [0.2, 0.25) is 0 Å². The van der Waals surface area contributed by atoms with Crippen molar-refractivity contribution < 1.29 is 0 Å². The number of hydrogen-bond donors (Lipinski definition) is 2. The Morgan fingerprint density at radius 1 is 1.17 bits per heavy atom. The largest absolute Gasteiger partial charge is 0.397 e. The molecule has 0 spiro atoms. The third-order valence-corrected chi connectivity index (χ3v) is 4.93. The molecule has 24 heavy (non-hydrogen) atoms. The molecule has 2 heterocycles. The molecule has 0 amide bonds. The molecule has 1 aromatic heterocycles. The molecule has 2 aromatic rings. The molecule has 128 valence electrons. The average Bonchev–Trinajstić information content (AvgIpc) is 3.20. The van der Waals surface area contributed by atoms with Crippen molar-refractivity contribution in [1.29, 1.82) is 0 Å². The first kappa shape index (κ1) is 16.9. The van der Waals surface area contributed by atoms with Crippen LogP contribution in [0, 0.1) is 6.92 Å². The minimum absolute atomic E-state index is 0.462. The summed E-state index contributed by atoms with van der Waals surface area (Å²) in [6, 6.07) is 9.67. The average molecular weight is 346 g/mol. The summed E-state index contributed by atoms with van der Waals surface area (Å²) in [6.07, 6.45) is 2.56. The lowest BCUT2D eigenvalue weighted by atomic mass is 10.1. The van der Waals surface area contributed by atoms with Gasteiger partial charge in [-0.15, -0.1) is 0 Å². The van der Waals surface area contributed by atoms with Crippen LogP contribution in [0.3, 0.4) is 0 Å². The molecule has 0 radical (unpaired) electrons. The Morgan fingerprint density at radius 3 is 2.50 bits per heavy atom. The smallest absolute Gasteiger partial charge is 0.130 e. The molecule has 1 aromatic carbocycles. The lowest BCUT2D eigenvalue weighted by Crippen LogP contribution is -2.25. The number of nitrogens with two attached hydrogens (primary N) is 2. The highest BCUT2D eigenvalue weighted by atomic mass is 35.5. The van der Waals surface area contributed by atoms with Gasteiger partial charge in [0.25, 0.3) is 0 Å². The maximum Gasteiger partial charge on any atom is 0.130 e. The van der Waals surface area contributed by atoms with Crippen molar-refractivity contribution in [2.75, 3.05) is 25.4 Å². The Morgan fingerprint density at radius 2 is 1.83 bits per heavy atom. The van der Waals surface area contributed by atoms with Crippen molar-refractivity contribution in [2.45, 2.75) is 26.3 Å². The van der Waals surface area contributed by atoms with Gasteiger partial charge in [-0.25, -0.2) is 4.68 Å². The summed E-state index contributed by atoms with van der Waals surface area (Å²) in [7, 11) is 0. The summed E-state index contributed by atoms with van der Waals surface area (Å²) in [4.78, 5) is 2.44. The van der Waals surface area contributed by atoms with Crippen molar-refractivity contribution in [3.05, 3.63) is 47.2 Å². The van der Waals surface area contributed by atoms with Gasteiger partial charge >= 0.3 is 0 Å². The molecule has 6 heteroatoms. The van der Waals surface area contributed by atoms with Gasteiger partial charge in [0, 0.05) is 6.54 Å². The highest BCUT2D eigenvalue weighted by Crippen LogP contribution is 2.32. The number of benzene rings is 1. The fourth-order valence-electron chi connectivity index (χ4n) is 3.16. The Labute approximate surface area is 147 Å².